The maximum absolute atomic E-state index is 6.62. The smallest absolute Gasteiger partial charge is 0.399 e. The van der Waals surface area contributed by atoms with Crippen LogP contribution in [0.25, 0.3) is 10.9 Å². The van der Waals surface area contributed by atoms with Crippen LogP contribution in [0.1, 0.15) is 53.2 Å². The summed E-state index contributed by atoms with van der Waals surface area (Å²) >= 11 is 6.62. The fraction of sp³-hybridized carbons (Fsp3) is 0.611. The van der Waals surface area contributed by atoms with Crippen molar-refractivity contribution in [1.82, 2.24) is 9.78 Å². The standard InChI is InChI=1S/C18H24BClN2O3/c1-17(2)18(3,4)25-19(24-17)13-9-12-11-21-22(16(12)14(20)10-13)15-7-5-6-8-23-15/h9-11,15H,5-8H2,1-4H3. The average molecular weight is 363 g/mol. The first-order chi connectivity index (χ1) is 11.8. The lowest BCUT2D eigenvalue weighted by molar-refractivity contribution is -0.0366. The Hall–Kier alpha value is -1.08. The summed E-state index contributed by atoms with van der Waals surface area (Å²) in [6.07, 6.45) is 5.02. The third kappa shape index (κ3) is 2.89. The van der Waals surface area contributed by atoms with Gasteiger partial charge in [0.2, 0.25) is 0 Å². The highest BCUT2D eigenvalue weighted by Gasteiger charge is 2.51. The van der Waals surface area contributed by atoms with Crippen LogP contribution in [0.15, 0.2) is 18.3 Å². The van der Waals surface area contributed by atoms with Crippen LogP contribution in [0.2, 0.25) is 5.02 Å². The molecular formula is C18H24BClN2O3. The van der Waals surface area contributed by atoms with Gasteiger partial charge in [-0.15, -0.1) is 0 Å². The molecule has 0 amide bonds. The van der Waals surface area contributed by atoms with Gasteiger partial charge in [0.1, 0.15) is 0 Å². The first kappa shape index (κ1) is 17.3. The van der Waals surface area contributed by atoms with Gasteiger partial charge in [0.15, 0.2) is 6.23 Å². The summed E-state index contributed by atoms with van der Waals surface area (Å²) in [5.41, 5.74) is 1.08. The van der Waals surface area contributed by atoms with Crippen LogP contribution in [0.4, 0.5) is 0 Å². The maximum Gasteiger partial charge on any atom is 0.494 e. The molecule has 2 saturated heterocycles. The van der Waals surface area contributed by atoms with Crippen molar-refractivity contribution in [3.63, 3.8) is 0 Å². The molecule has 1 atom stereocenters. The molecule has 1 aromatic carbocycles. The highest BCUT2D eigenvalue weighted by molar-refractivity contribution is 6.63. The third-order valence-electron chi connectivity index (χ3n) is 5.62. The highest BCUT2D eigenvalue weighted by Crippen LogP contribution is 2.37. The molecule has 2 aliphatic rings. The van der Waals surface area contributed by atoms with Crippen LogP contribution in [0.3, 0.4) is 0 Å². The van der Waals surface area contributed by atoms with E-state index in [-0.39, 0.29) is 17.4 Å². The SMILES string of the molecule is CC1(C)OB(c2cc(Cl)c3c(cnn3C3CCCCO3)c2)OC1(C)C. The Labute approximate surface area is 153 Å². The van der Waals surface area contributed by atoms with Crippen molar-refractivity contribution in [2.24, 2.45) is 0 Å². The van der Waals surface area contributed by atoms with Crippen molar-refractivity contribution in [1.29, 1.82) is 0 Å². The van der Waals surface area contributed by atoms with E-state index >= 15 is 0 Å². The molecule has 0 saturated carbocycles. The Balaban J connectivity index is 1.70. The Morgan fingerprint density at radius 2 is 1.88 bits per heavy atom. The van der Waals surface area contributed by atoms with Crippen LogP contribution >= 0.6 is 11.6 Å². The van der Waals surface area contributed by atoms with Gasteiger partial charge in [0.25, 0.3) is 0 Å². The Morgan fingerprint density at radius 1 is 1.16 bits per heavy atom. The van der Waals surface area contributed by atoms with Crippen LogP contribution in [0, 0.1) is 0 Å². The van der Waals surface area contributed by atoms with E-state index in [0.29, 0.717) is 5.02 Å². The van der Waals surface area contributed by atoms with Crippen LogP contribution in [0.5, 0.6) is 0 Å². The van der Waals surface area contributed by atoms with Gasteiger partial charge in [0, 0.05) is 12.0 Å². The minimum Gasteiger partial charge on any atom is -0.399 e. The second kappa shape index (κ2) is 5.98. The topological polar surface area (TPSA) is 45.5 Å². The molecule has 134 valence electrons. The van der Waals surface area contributed by atoms with Gasteiger partial charge in [-0.1, -0.05) is 17.7 Å². The minimum absolute atomic E-state index is 0.0357. The molecule has 2 fully saturated rings. The van der Waals surface area contributed by atoms with Crippen LogP contribution < -0.4 is 5.46 Å². The molecule has 0 radical (unpaired) electrons. The molecule has 2 aliphatic heterocycles. The van der Waals surface area contributed by atoms with E-state index < -0.39 is 7.12 Å². The Bertz CT molecular complexity index is 783. The van der Waals surface area contributed by atoms with Crippen LogP contribution in [-0.4, -0.2) is 34.7 Å². The zero-order valence-corrected chi connectivity index (χ0v) is 16.0. The molecule has 5 nitrogen and oxygen atoms in total. The van der Waals surface area contributed by atoms with E-state index in [9.17, 15) is 0 Å². The summed E-state index contributed by atoms with van der Waals surface area (Å²) in [4.78, 5) is 0. The van der Waals surface area contributed by atoms with Gasteiger partial charge in [0.05, 0.1) is 27.9 Å². The zero-order valence-electron chi connectivity index (χ0n) is 15.2. The number of ether oxygens (including phenoxy) is 1. The van der Waals surface area contributed by atoms with Crippen molar-refractivity contribution in [3.05, 3.63) is 23.4 Å². The third-order valence-corrected chi connectivity index (χ3v) is 5.91. The summed E-state index contributed by atoms with van der Waals surface area (Å²) in [6.45, 7) is 8.96. The molecule has 1 unspecified atom stereocenters. The molecule has 3 heterocycles. The number of aromatic nitrogens is 2. The normalized spacial score (nSPS) is 25.6. The Morgan fingerprint density at radius 3 is 2.52 bits per heavy atom. The van der Waals surface area contributed by atoms with Gasteiger partial charge >= 0.3 is 7.12 Å². The highest BCUT2D eigenvalue weighted by atomic mass is 35.5. The molecule has 7 heteroatoms. The van der Waals surface area contributed by atoms with Crippen molar-refractivity contribution in [3.8, 4) is 0 Å². The van der Waals surface area contributed by atoms with Gasteiger partial charge in [-0.05, 0) is 58.5 Å². The van der Waals surface area contributed by atoms with Gasteiger partial charge in [-0.2, -0.15) is 5.10 Å². The second-order valence-electron chi connectivity index (χ2n) is 7.94. The molecule has 25 heavy (non-hydrogen) atoms. The van der Waals surface area contributed by atoms with Gasteiger partial charge < -0.3 is 14.0 Å². The van der Waals surface area contributed by atoms with E-state index in [4.69, 9.17) is 25.6 Å². The lowest BCUT2D eigenvalue weighted by Gasteiger charge is -2.32. The van der Waals surface area contributed by atoms with Crippen molar-refractivity contribution >= 4 is 35.1 Å². The molecular weight excluding hydrogens is 338 g/mol. The van der Waals surface area contributed by atoms with E-state index in [0.717, 1.165) is 42.2 Å². The largest absolute Gasteiger partial charge is 0.494 e. The number of benzene rings is 1. The van der Waals surface area contributed by atoms with Gasteiger partial charge in [-0.25, -0.2) is 4.68 Å². The molecule has 1 aromatic heterocycles. The van der Waals surface area contributed by atoms with E-state index in [1.54, 1.807) is 0 Å². The second-order valence-corrected chi connectivity index (χ2v) is 8.35. The van der Waals surface area contributed by atoms with Crippen molar-refractivity contribution in [2.45, 2.75) is 64.4 Å². The van der Waals surface area contributed by atoms with Crippen LogP contribution in [-0.2, 0) is 14.0 Å². The predicted octanol–water partition coefficient (Wildman–Crippen LogP) is 3.69. The first-order valence-electron chi connectivity index (χ1n) is 8.92. The number of fused-ring (bicyclic) bond motifs is 1. The monoisotopic (exact) mass is 362 g/mol. The lowest BCUT2D eigenvalue weighted by atomic mass is 9.78. The summed E-state index contributed by atoms with van der Waals surface area (Å²) < 4.78 is 20.1. The van der Waals surface area contributed by atoms with Crippen molar-refractivity contribution in [2.75, 3.05) is 6.61 Å². The lowest BCUT2D eigenvalue weighted by Crippen LogP contribution is -2.41. The summed E-state index contributed by atoms with van der Waals surface area (Å²) in [7, 11) is -0.429. The molecule has 0 N–H and O–H groups in total. The summed E-state index contributed by atoms with van der Waals surface area (Å²) in [5, 5.41) is 6.16. The van der Waals surface area contributed by atoms with E-state index in [1.807, 2.05) is 44.6 Å². The molecule has 0 aliphatic carbocycles. The number of nitrogens with zero attached hydrogens (tertiary/aromatic N) is 2. The van der Waals surface area contributed by atoms with Crippen molar-refractivity contribution < 1.29 is 14.0 Å². The fourth-order valence-corrected chi connectivity index (χ4v) is 3.74. The van der Waals surface area contributed by atoms with E-state index in [1.165, 1.54) is 0 Å². The first-order valence-corrected chi connectivity index (χ1v) is 9.30. The number of hydrogen-bond acceptors (Lipinski definition) is 4. The minimum atomic E-state index is -0.429. The fourth-order valence-electron chi connectivity index (χ4n) is 3.41. The molecule has 0 spiro atoms. The maximum atomic E-state index is 6.62. The molecule has 2 aromatic rings. The van der Waals surface area contributed by atoms with Gasteiger partial charge in [-0.3, -0.25) is 0 Å². The van der Waals surface area contributed by atoms with E-state index in [2.05, 4.69) is 11.2 Å². The summed E-state index contributed by atoms with van der Waals surface area (Å²) in [5.74, 6) is 0. The number of rotatable bonds is 2. The molecule has 4 rings (SSSR count). The summed E-state index contributed by atoms with van der Waals surface area (Å²) in [6, 6.07) is 3.97. The molecule has 0 bridgehead atoms. The zero-order chi connectivity index (χ0) is 17.8. The quantitative estimate of drug-likeness (QED) is 0.764. The number of halogens is 1. The predicted molar refractivity (Wildman–Crippen MR) is 99.3 cm³/mol. The Kier molecular flexibility index (Phi) is 4.15. The number of hydrogen-bond donors (Lipinski definition) is 0. The average Bonchev–Trinajstić information content (AvgIpc) is 3.07.